The summed E-state index contributed by atoms with van der Waals surface area (Å²) in [6.07, 6.45) is 1.29. The molecule has 1 fully saturated rings. The van der Waals surface area contributed by atoms with E-state index in [1.165, 1.54) is 12.1 Å². The summed E-state index contributed by atoms with van der Waals surface area (Å²) >= 11 is 0. The summed E-state index contributed by atoms with van der Waals surface area (Å²) in [5, 5.41) is 7.00. The van der Waals surface area contributed by atoms with Gasteiger partial charge in [0.1, 0.15) is 11.7 Å². The molecule has 2 aliphatic rings. The normalized spacial score (nSPS) is 18.7. The second-order valence-corrected chi connectivity index (χ2v) is 10.3. The van der Waals surface area contributed by atoms with Crippen molar-refractivity contribution in [3.63, 3.8) is 0 Å². The minimum absolute atomic E-state index is 0. The maximum Gasteiger partial charge on any atom is 0.243 e. The molecule has 2 aliphatic heterocycles. The van der Waals surface area contributed by atoms with Gasteiger partial charge in [-0.1, -0.05) is 29.8 Å². The highest BCUT2D eigenvalue weighted by atomic mass is 35.5. The van der Waals surface area contributed by atoms with Gasteiger partial charge in [-0.05, 0) is 56.0 Å². The number of aryl methyl sites for hydroxylation is 2. The first-order chi connectivity index (χ1) is 14.8. The van der Waals surface area contributed by atoms with Crippen LogP contribution in [0.1, 0.15) is 29.5 Å². The van der Waals surface area contributed by atoms with Crippen LogP contribution in [0.5, 0.6) is 0 Å². The van der Waals surface area contributed by atoms with Gasteiger partial charge in [0.05, 0.1) is 17.0 Å². The molecule has 0 aromatic heterocycles. The van der Waals surface area contributed by atoms with E-state index in [1.807, 2.05) is 26.0 Å². The maximum atomic E-state index is 13.2. The van der Waals surface area contributed by atoms with E-state index in [0.29, 0.717) is 43.9 Å². The first-order valence-electron chi connectivity index (χ1n) is 10.7. The minimum atomic E-state index is -3.53. The van der Waals surface area contributed by atoms with Crippen LogP contribution < -0.4 is 10.6 Å². The summed E-state index contributed by atoms with van der Waals surface area (Å²) in [4.78, 5) is 5.09. The zero-order valence-electron chi connectivity index (χ0n) is 18.4. The fraction of sp³-hybridized carbons (Fsp3) is 0.435. The average molecular weight is 481 g/mol. The van der Waals surface area contributed by atoms with E-state index in [2.05, 4.69) is 10.6 Å². The Labute approximate surface area is 195 Å². The minimum Gasteiger partial charge on any atom is -0.368 e. The molecule has 0 unspecified atom stereocenters. The summed E-state index contributed by atoms with van der Waals surface area (Å²) in [6.45, 7) is 6.66. The van der Waals surface area contributed by atoms with Crippen LogP contribution in [0.15, 0.2) is 52.4 Å². The van der Waals surface area contributed by atoms with E-state index in [-0.39, 0.29) is 23.8 Å². The molecule has 0 aliphatic carbocycles. The van der Waals surface area contributed by atoms with Crippen LogP contribution >= 0.6 is 12.4 Å². The van der Waals surface area contributed by atoms with E-state index < -0.39 is 10.0 Å². The Balaban J connectivity index is 0.00000289. The van der Waals surface area contributed by atoms with Gasteiger partial charge in [0, 0.05) is 26.2 Å². The van der Waals surface area contributed by atoms with E-state index in [0.717, 1.165) is 29.1 Å². The highest BCUT2D eigenvalue weighted by Gasteiger charge is 2.43. The largest absolute Gasteiger partial charge is 0.368 e. The van der Waals surface area contributed by atoms with Gasteiger partial charge in [0.2, 0.25) is 10.0 Å². The third kappa shape index (κ3) is 4.98. The Bertz CT molecular complexity index is 1080. The van der Waals surface area contributed by atoms with Gasteiger partial charge in [-0.15, -0.1) is 12.4 Å². The molecule has 0 saturated carbocycles. The topological polar surface area (TPSA) is 73.8 Å². The molecule has 4 rings (SSSR count). The number of rotatable bonds is 4. The van der Waals surface area contributed by atoms with Crippen molar-refractivity contribution in [2.75, 3.05) is 26.2 Å². The molecule has 2 aromatic rings. The van der Waals surface area contributed by atoms with Gasteiger partial charge in [-0.2, -0.15) is 4.31 Å². The number of benzene rings is 2. The van der Waals surface area contributed by atoms with Crippen molar-refractivity contribution < 1.29 is 12.8 Å². The van der Waals surface area contributed by atoms with Crippen molar-refractivity contribution in [2.24, 2.45) is 4.99 Å². The summed E-state index contributed by atoms with van der Waals surface area (Å²) in [6, 6.07) is 11.9. The van der Waals surface area contributed by atoms with E-state index in [9.17, 15) is 12.8 Å². The zero-order valence-corrected chi connectivity index (χ0v) is 20.0. The van der Waals surface area contributed by atoms with Crippen LogP contribution in [0.2, 0.25) is 0 Å². The van der Waals surface area contributed by atoms with Gasteiger partial charge in [0.25, 0.3) is 0 Å². The highest BCUT2D eigenvalue weighted by molar-refractivity contribution is 7.89. The number of nitrogens with one attached hydrogen (secondary N) is 2. The van der Waals surface area contributed by atoms with Crippen LogP contribution in [0.3, 0.4) is 0 Å². The van der Waals surface area contributed by atoms with Crippen molar-refractivity contribution in [1.82, 2.24) is 14.9 Å². The lowest BCUT2D eigenvalue weighted by Gasteiger charge is -2.44. The molecular formula is C23H30ClFN4O2S. The number of halogens is 2. The number of aliphatic imine (C=N–C) groups is 1. The first kappa shape index (κ1) is 24.6. The van der Waals surface area contributed by atoms with Crippen LogP contribution in [-0.4, -0.2) is 50.3 Å². The molecule has 0 radical (unpaired) electrons. The van der Waals surface area contributed by atoms with Crippen molar-refractivity contribution in [1.29, 1.82) is 0 Å². The Morgan fingerprint density at radius 1 is 1.12 bits per heavy atom. The number of piperidine rings is 1. The third-order valence-electron chi connectivity index (χ3n) is 6.20. The molecule has 2 heterocycles. The summed E-state index contributed by atoms with van der Waals surface area (Å²) < 4.78 is 41.2. The monoisotopic (exact) mass is 480 g/mol. The molecule has 1 spiro atoms. The Hall–Kier alpha value is -2.00. The molecule has 0 bridgehead atoms. The molecule has 1 saturated heterocycles. The van der Waals surface area contributed by atoms with Crippen molar-refractivity contribution in [2.45, 2.75) is 43.7 Å². The predicted octanol–water partition coefficient (Wildman–Crippen LogP) is 3.18. The summed E-state index contributed by atoms with van der Waals surface area (Å²) in [5.74, 6) is 0.612. The average Bonchev–Trinajstić information content (AvgIpc) is 2.74. The SMILES string of the molecule is Cc1ccc(S(=O)(=O)N2CCC3(CC2)NCCN=C3NCc2ccc(F)cc2)c(C)c1.Cl. The van der Waals surface area contributed by atoms with Crippen molar-refractivity contribution in [3.05, 3.63) is 65.0 Å². The second-order valence-electron chi connectivity index (χ2n) is 8.39. The smallest absolute Gasteiger partial charge is 0.243 e. The summed E-state index contributed by atoms with van der Waals surface area (Å²) in [7, 11) is -3.53. The molecule has 2 aromatic carbocycles. The first-order valence-corrected chi connectivity index (χ1v) is 12.1. The Kier molecular flexibility index (Phi) is 7.60. The van der Waals surface area contributed by atoms with Gasteiger partial charge < -0.3 is 10.6 Å². The quantitative estimate of drug-likeness (QED) is 0.705. The Morgan fingerprint density at radius 3 is 2.47 bits per heavy atom. The van der Waals surface area contributed by atoms with Crippen LogP contribution in [0, 0.1) is 19.7 Å². The van der Waals surface area contributed by atoms with Crippen LogP contribution in [-0.2, 0) is 16.6 Å². The van der Waals surface area contributed by atoms with Gasteiger partial charge in [-0.3, -0.25) is 4.99 Å². The second kappa shape index (κ2) is 9.87. The lowest BCUT2D eigenvalue weighted by atomic mass is 9.85. The number of sulfonamides is 1. The molecule has 0 atom stereocenters. The van der Waals surface area contributed by atoms with Crippen LogP contribution in [0.4, 0.5) is 4.39 Å². The molecule has 32 heavy (non-hydrogen) atoms. The fourth-order valence-electron chi connectivity index (χ4n) is 4.46. The van der Waals surface area contributed by atoms with E-state index >= 15 is 0 Å². The maximum absolute atomic E-state index is 13.2. The van der Waals surface area contributed by atoms with Crippen molar-refractivity contribution >= 4 is 28.3 Å². The summed E-state index contributed by atoms with van der Waals surface area (Å²) in [5.41, 5.74) is 2.44. The van der Waals surface area contributed by atoms with Gasteiger partial charge >= 0.3 is 0 Å². The number of hydrogen-bond acceptors (Lipinski definition) is 5. The fourth-order valence-corrected chi connectivity index (χ4v) is 6.11. The predicted molar refractivity (Wildman–Crippen MR) is 127 cm³/mol. The van der Waals surface area contributed by atoms with Crippen LogP contribution in [0.25, 0.3) is 0 Å². The van der Waals surface area contributed by atoms with Crippen molar-refractivity contribution in [3.8, 4) is 0 Å². The molecule has 2 N–H and O–H groups in total. The number of hydrogen-bond donors (Lipinski definition) is 2. The standard InChI is InChI=1S/C23H29FN4O2S.ClH/c1-17-3-8-21(18(2)15-17)31(29,30)28-13-9-23(10-14-28)22(25-11-12-27-23)26-16-19-4-6-20(24)7-5-19;/h3-8,15,27H,9-14,16H2,1-2H3,(H,25,26);1H. The molecule has 0 amide bonds. The third-order valence-corrected chi connectivity index (χ3v) is 8.25. The number of amidine groups is 1. The number of nitrogens with zero attached hydrogens (tertiary/aromatic N) is 2. The lowest BCUT2D eigenvalue weighted by Crippen LogP contribution is -2.64. The van der Waals surface area contributed by atoms with E-state index in [1.54, 1.807) is 22.5 Å². The van der Waals surface area contributed by atoms with E-state index in [4.69, 9.17) is 4.99 Å². The molecule has 174 valence electrons. The van der Waals surface area contributed by atoms with Gasteiger partial charge in [0.15, 0.2) is 0 Å². The molecule has 9 heteroatoms. The molecule has 6 nitrogen and oxygen atoms in total. The highest BCUT2D eigenvalue weighted by Crippen LogP contribution is 2.30. The zero-order chi connectivity index (χ0) is 22.1. The Morgan fingerprint density at radius 2 is 1.81 bits per heavy atom. The lowest BCUT2D eigenvalue weighted by molar-refractivity contribution is 0.241. The van der Waals surface area contributed by atoms with Gasteiger partial charge in [-0.25, -0.2) is 12.8 Å². The molecular weight excluding hydrogens is 451 g/mol.